The number of hydrogen-bond donors (Lipinski definition) is 1. The molecular weight excluding hydrogens is 416 g/mol. The first-order valence-electron chi connectivity index (χ1n) is 7.27. The summed E-state index contributed by atoms with van der Waals surface area (Å²) in [6, 6.07) is 4.45. The normalized spacial score (nSPS) is 20.3. The highest BCUT2D eigenvalue weighted by Crippen LogP contribution is 2.46. The Morgan fingerprint density at radius 1 is 1.09 bits per heavy atom. The number of piperazine rings is 1. The van der Waals surface area contributed by atoms with Crippen molar-refractivity contribution >= 4 is 40.7 Å². The van der Waals surface area contributed by atoms with Crippen LogP contribution in [0.3, 0.4) is 0 Å². The van der Waals surface area contributed by atoms with Crippen LogP contribution < -0.4 is 5.32 Å². The Hall–Kier alpha value is -0.0100. The number of hydrogen-bond acceptors (Lipinski definition) is 2. The van der Waals surface area contributed by atoms with E-state index in [0.717, 1.165) is 50.7 Å². The zero-order valence-electron chi connectivity index (χ0n) is 12.4. The molecule has 23 heavy (non-hydrogen) atoms. The topological polar surface area (TPSA) is 15.3 Å². The molecule has 1 aliphatic carbocycles. The minimum Gasteiger partial charge on any atom is -0.314 e. The molecule has 132 valence electrons. The quantitative estimate of drug-likeness (QED) is 0.742. The van der Waals surface area contributed by atoms with E-state index in [1.165, 1.54) is 6.07 Å². The van der Waals surface area contributed by atoms with Crippen LogP contribution >= 0.6 is 40.7 Å². The van der Waals surface area contributed by atoms with Gasteiger partial charge in [-0.3, -0.25) is 4.90 Å². The number of rotatable bonds is 3. The highest BCUT2D eigenvalue weighted by molar-refractivity contribution is 9.10. The fraction of sp³-hybridized carbons (Fsp3) is 0.600. The van der Waals surface area contributed by atoms with Crippen LogP contribution in [0.15, 0.2) is 22.7 Å². The van der Waals surface area contributed by atoms with E-state index in [0.29, 0.717) is 10.4 Å². The van der Waals surface area contributed by atoms with Gasteiger partial charge in [-0.2, -0.15) is 13.2 Å². The standard InChI is InChI=1S/C15H18BrF3N2.2ClH/c16-13-8-11(7-12(9-13)15(17,18)19)14(10-1-2-10)21-5-3-20-4-6-21;;/h7-10,14,20H,1-6H2;2*1H/t14-;;/m1../s1. The zero-order valence-corrected chi connectivity index (χ0v) is 15.6. The molecule has 2 nitrogen and oxygen atoms in total. The second kappa shape index (κ2) is 8.39. The maximum Gasteiger partial charge on any atom is 0.416 e. The molecule has 0 radical (unpaired) electrons. The minimum atomic E-state index is -4.30. The fourth-order valence-electron chi connectivity index (χ4n) is 3.10. The van der Waals surface area contributed by atoms with Gasteiger partial charge in [0, 0.05) is 36.7 Å². The summed E-state index contributed by atoms with van der Waals surface area (Å²) < 4.78 is 39.6. The maximum absolute atomic E-state index is 13.0. The largest absolute Gasteiger partial charge is 0.416 e. The van der Waals surface area contributed by atoms with Crippen LogP contribution in [0.1, 0.15) is 30.0 Å². The molecule has 1 heterocycles. The molecule has 1 saturated carbocycles. The number of nitrogens with zero attached hydrogens (tertiary/aromatic N) is 1. The van der Waals surface area contributed by atoms with E-state index in [1.807, 2.05) is 6.07 Å². The predicted octanol–water partition coefficient (Wildman–Crippen LogP) is 4.67. The van der Waals surface area contributed by atoms with Crippen molar-refractivity contribution in [3.05, 3.63) is 33.8 Å². The molecule has 1 atom stereocenters. The second-order valence-corrected chi connectivity index (χ2v) is 6.75. The van der Waals surface area contributed by atoms with Gasteiger partial charge in [-0.25, -0.2) is 0 Å². The van der Waals surface area contributed by atoms with Gasteiger partial charge in [-0.15, -0.1) is 24.8 Å². The Morgan fingerprint density at radius 3 is 2.22 bits per heavy atom. The van der Waals surface area contributed by atoms with Gasteiger partial charge in [0.15, 0.2) is 0 Å². The molecule has 1 saturated heterocycles. The summed E-state index contributed by atoms with van der Waals surface area (Å²) in [5.41, 5.74) is 0.230. The summed E-state index contributed by atoms with van der Waals surface area (Å²) in [6.45, 7) is 3.61. The second-order valence-electron chi connectivity index (χ2n) is 5.84. The van der Waals surface area contributed by atoms with E-state index >= 15 is 0 Å². The molecule has 2 aliphatic rings. The molecule has 0 unspecified atom stereocenters. The number of halogens is 6. The lowest BCUT2D eigenvalue weighted by Gasteiger charge is -2.35. The van der Waals surface area contributed by atoms with E-state index < -0.39 is 11.7 Å². The van der Waals surface area contributed by atoms with Crippen molar-refractivity contribution in [3.8, 4) is 0 Å². The van der Waals surface area contributed by atoms with E-state index in [-0.39, 0.29) is 30.9 Å². The lowest BCUT2D eigenvalue weighted by atomic mass is 9.97. The molecule has 3 rings (SSSR count). The van der Waals surface area contributed by atoms with Gasteiger partial charge in [0.05, 0.1) is 5.56 Å². The fourth-order valence-corrected chi connectivity index (χ4v) is 3.61. The van der Waals surface area contributed by atoms with E-state index in [4.69, 9.17) is 0 Å². The van der Waals surface area contributed by atoms with Crippen LogP contribution in [-0.4, -0.2) is 31.1 Å². The first kappa shape index (κ1) is 21.0. The van der Waals surface area contributed by atoms with E-state index in [2.05, 4.69) is 26.1 Å². The summed E-state index contributed by atoms with van der Waals surface area (Å²) in [6.07, 6.45) is -2.07. The molecule has 0 bridgehead atoms. The van der Waals surface area contributed by atoms with Crippen LogP contribution in [0.5, 0.6) is 0 Å². The predicted molar refractivity (Wildman–Crippen MR) is 93.5 cm³/mol. The molecule has 8 heteroatoms. The Labute approximate surface area is 155 Å². The average Bonchev–Trinajstić information content (AvgIpc) is 3.23. The van der Waals surface area contributed by atoms with Gasteiger partial charge in [0.25, 0.3) is 0 Å². The third kappa shape index (κ3) is 5.23. The van der Waals surface area contributed by atoms with Crippen LogP contribution in [-0.2, 0) is 6.18 Å². The van der Waals surface area contributed by atoms with Gasteiger partial charge in [-0.05, 0) is 42.5 Å². The lowest BCUT2D eigenvalue weighted by molar-refractivity contribution is -0.137. The van der Waals surface area contributed by atoms with Crippen molar-refractivity contribution < 1.29 is 13.2 Å². The third-order valence-electron chi connectivity index (χ3n) is 4.20. The van der Waals surface area contributed by atoms with Gasteiger partial charge >= 0.3 is 6.18 Å². The molecule has 0 spiro atoms. The lowest BCUT2D eigenvalue weighted by Crippen LogP contribution is -2.45. The molecule has 0 amide bonds. The van der Waals surface area contributed by atoms with Crippen molar-refractivity contribution in [2.75, 3.05) is 26.2 Å². The summed E-state index contributed by atoms with van der Waals surface area (Å²) >= 11 is 3.24. The Balaban J connectivity index is 0.00000132. The number of nitrogens with one attached hydrogen (secondary N) is 1. The molecule has 1 aliphatic heterocycles. The first-order chi connectivity index (χ1) is 9.95. The number of alkyl halides is 3. The average molecular weight is 436 g/mol. The molecular formula is C15H20BrCl2F3N2. The van der Waals surface area contributed by atoms with E-state index in [1.54, 1.807) is 0 Å². The molecule has 1 N–H and O–H groups in total. The summed E-state index contributed by atoms with van der Waals surface area (Å²) in [7, 11) is 0. The summed E-state index contributed by atoms with van der Waals surface area (Å²) in [4.78, 5) is 2.33. The Bertz CT molecular complexity index is 518. The van der Waals surface area contributed by atoms with Gasteiger partial charge in [0.1, 0.15) is 0 Å². The Kier molecular flexibility index (Phi) is 7.67. The van der Waals surface area contributed by atoms with Gasteiger partial charge in [-0.1, -0.05) is 15.9 Å². The van der Waals surface area contributed by atoms with Crippen molar-refractivity contribution in [1.29, 1.82) is 0 Å². The molecule has 0 aromatic heterocycles. The maximum atomic E-state index is 13.0. The first-order valence-corrected chi connectivity index (χ1v) is 8.07. The van der Waals surface area contributed by atoms with Crippen LogP contribution in [0.4, 0.5) is 13.2 Å². The van der Waals surface area contributed by atoms with Crippen molar-refractivity contribution in [1.82, 2.24) is 10.2 Å². The van der Waals surface area contributed by atoms with Crippen molar-refractivity contribution in [2.45, 2.75) is 25.1 Å². The minimum absolute atomic E-state index is 0. The smallest absolute Gasteiger partial charge is 0.314 e. The highest BCUT2D eigenvalue weighted by Gasteiger charge is 2.38. The van der Waals surface area contributed by atoms with Gasteiger partial charge in [0.2, 0.25) is 0 Å². The number of benzene rings is 1. The highest BCUT2D eigenvalue weighted by atomic mass is 79.9. The zero-order chi connectivity index (χ0) is 15.0. The summed E-state index contributed by atoms with van der Waals surface area (Å²) in [5.74, 6) is 0.499. The SMILES string of the molecule is Cl.Cl.FC(F)(F)c1cc(Br)cc([C@@H](C2CC2)N2CCNCC2)c1. The van der Waals surface area contributed by atoms with E-state index in [9.17, 15) is 13.2 Å². The third-order valence-corrected chi connectivity index (χ3v) is 4.66. The monoisotopic (exact) mass is 434 g/mol. The van der Waals surface area contributed by atoms with Crippen LogP contribution in [0.25, 0.3) is 0 Å². The van der Waals surface area contributed by atoms with Gasteiger partial charge < -0.3 is 5.32 Å². The van der Waals surface area contributed by atoms with Crippen molar-refractivity contribution in [3.63, 3.8) is 0 Å². The van der Waals surface area contributed by atoms with Crippen molar-refractivity contribution in [2.24, 2.45) is 5.92 Å². The van der Waals surface area contributed by atoms with Crippen LogP contribution in [0, 0.1) is 5.92 Å². The molecule has 1 aromatic rings. The molecule has 1 aromatic carbocycles. The summed E-state index contributed by atoms with van der Waals surface area (Å²) in [5, 5.41) is 3.30. The molecule has 2 fully saturated rings. The Morgan fingerprint density at radius 2 is 1.70 bits per heavy atom. The van der Waals surface area contributed by atoms with Crippen LogP contribution in [0.2, 0.25) is 0 Å².